The highest BCUT2D eigenvalue weighted by atomic mass is 32.1. The third-order valence-corrected chi connectivity index (χ3v) is 8.11. The number of nitrogens with zero attached hydrogens (tertiary/aromatic N) is 6. The molecule has 0 aliphatic carbocycles. The molecule has 10 heteroatoms. The van der Waals surface area contributed by atoms with E-state index in [1.54, 1.807) is 12.6 Å². The zero-order valence-electron chi connectivity index (χ0n) is 20.6. The lowest BCUT2D eigenvalue weighted by atomic mass is 10.1. The second kappa shape index (κ2) is 11.0. The highest BCUT2D eigenvalue weighted by Gasteiger charge is 2.27. The number of amides is 1. The molecule has 0 N–H and O–H groups in total. The maximum Gasteiger partial charge on any atom is 0.264 e. The zero-order chi connectivity index (χ0) is 24.2. The molecule has 0 bridgehead atoms. The summed E-state index contributed by atoms with van der Waals surface area (Å²) >= 11 is 1.48. The molecule has 3 aromatic rings. The molecule has 0 aromatic carbocycles. The van der Waals surface area contributed by atoms with Crippen molar-refractivity contribution in [2.45, 2.75) is 19.9 Å². The maximum atomic E-state index is 13.9. The Morgan fingerprint density at radius 3 is 2.69 bits per heavy atom. The molecule has 1 amide bonds. The molecule has 188 valence electrons. The first-order valence-corrected chi connectivity index (χ1v) is 13.2. The summed E-state index contributed by atoms with van der Waals surface area (Å²) in [5, 5.41) is 1.01. The van der Waals surface area contributed by atoms with E-state index in [-0.39, 0.29) is 5.91 Å². The number of hydrogen-bond acceptors (Lipinski definition) is 9. The monoisotopic (exact) mass is 498 g/mol. The van der Waals surface area contributed by atoms with E-state index in [0.717, 1.165) is 97.7 Å². The Morgan fingerprint density at radius 1 is 1.14 bits per heavy atom. The molecule has 0 radical (unpaired) electrons. The van der Waals surface area contributed by atoms with Crippen molar-refractivity contribution in [1.29, 1.82) is 0 Å². The van der Waals surface area contributed by atoms with Crippen molar-refractivity contribution in [3.8, 4) is 0 Å². The normalized spacial score (nSPS) is 17.8. The van der Waals surface area contributed by atoms with Crippen LogP contribution < -0.4 is 4.90 Å². The maximum absolute atomic E-state index is 13.9. The number of fused-ring (bicyclic) bond motifs is 1. The molecule has 3 aromatic heterocycles. The van der Waals surface area contributed by atoms with Gasteiger partial charge in [0, 0.05) is 52.4 Å². The van der Waals surface area contributed by atoms with Crippen molar-refractivity contribution in [3.05, 3.63) is 40.9 Å². The minimum absolute atomic E-state index is 0.0354. The third-order valence-electron chi connectivity index (χ3n) is 6.92. The molecule has 0 spiro atoms. The Labute approximate surface area is 210 Å². The number of hydrogen-bond donors (Lipinski definition) is 0. The predicted molar refractivity (Wildman–Crippen MR) is 137 cm³/mol. The van der Waals surface area contributed by atoms with E-state index < -0.39 is 0 Å². The molecule has 2 aliphatic heterocycles. The van der Waals surface area contributed by atoms with Gasteiger partial charge in [-0.15, -0.1) is 11.3 Å². The predicted octanol–water partition coefficient (Wildman–Crippen LogP) is 2.71. The number of thiophene rings is 1. The van der Waals surface area contributed by atoms with Gasteiger partial charge in [0.05, 0.1) is 36.3 Å². The standard InChI is InChI=1S/C25H34N6O3S/c1-19-21-23(30-10-8-28(2)9-11-30)26-18-27-24(21)35-22(19)25(32)31(17-20-5-3-14-34-20)7-4-6-29-12-15-33-16-13-29/h3,5,14,18H,4,6-13,15-17H2,1-2H3. The van der Waals surface area contributed by atoms with Crippen LogP contribution in [0.5, 0.6) is 0 Å². The number of rotatable bonds is 8. The third kappa shape index (κ3) is 5.50. The van der Waals surface area contributed by atoms with Crippen molar-refractivity contribution in [2.24, 2.45) is 0 Å². The quantitative estimate of drug-likeness (QED) is 0.469. The number of carbonyl (C=O) groups excluding carboxylic acids is 1. The van der Waals surface area contributed by atoms with Gasteiger partial charge in [0.25, 0.3) is 5.91 Å². The molecular weight excluding hydrogens is 464 g/mol. The summed E-state index contributed by atoms with van der Waals surface area (Å²) < 4.78 is 11.1. The van der Waals surface area contributed by atoms with Crippen molar-refractivity contribution < 1.29 is 13.9 Å². The molecule has 0 saturated carbocycles. The lowest BCUT2D eigenvalue weighted by Gasteiger charge is -2.33. The van der Waals surface area contributed by atoms with Crippen LogP contribution in [0.4, 0.5) is 5.82 Å². The zero-order valence-corrected chi connectivity index (χ0v) is 21.4. The Kier molecular flexibility index (Phi) is 7.62. The van der Waals surface area contributed by atoms with E-state index in [1.165, 1.54) is 11.3 Å². The van der Waals surface area contributed by atoms with Crippen LogP contribution in [0.15, 0.2) is 29.1 Å². The molecule has 35 heavy (non-hydrogen) atoms. The van der Waals surface area contributed by atoms with Crippen LogP contribution in [-0.2, 0) is 11.3 Å². The summed E-state index contributed by atoms with van der Waals surface area (Å²) in [5.41, 5.74) is 0.974. The first-order valence-electron chi connectivity index (χ1n) is 12.4. The first-order chi connectivity index (χ1) is 17.1. The number of likely N-dealkylation sites (N-methyl/N-ethyl adjacent to an activating group) is 1. The summed E-state index contributed by atoms with van der Waals surface area (Å²) in [4.78, 5) is 33.6. The van der Waals surface area contributed by atoms with Gasteiger partial charge >= 0.3 is 0 Å². The average Bonchev–Trinajstić information content (AvgIpc) is 3.52. The molecule has 2 aliphatic rings. The number of aryl methyl sites for hydroxylation is 1. The summed E-state index contributed by atoms with van der Waals surface area (Å²) in [6.45, 7) is 11.4. The fourth-order valence-corrected chi connectivity index (χ4v) is 5.92. The lowest BCUT2D eigenvalue weighted by Crippen LogP contribution is -2.44. The number of morpholine rings is 1. The van der Waals surface area contributed by atoms with Crippen molar-refractivity contribution >= 4 is 33.3 Å². The largest absolute Gasteiger partial charge is 0.467 e. The molecular formula is C25H34N6O3S. The summed E-state index contributed by atoms with van der Waals surface area (Å²) in [5.74, 6) is 1.77. The SMILES string of the molecule is Cc1c(C(=O)N(CCCN2CCOCC2)Cc2ccco2)sc2ncnc(N3CCN(C)CC3)c12. The smallest absolute Gasteiger partial charge is 0.264 e. The van der Waals surface area contributed by atoms with Crippen molar-refractivity contribution in [3.63, 3.8) is 0 Å². The molecule has 2 fully saturated rings. The number of aromatic nitrogens is 2. The van der Waals surface area contributed by atoms with Crippen LogP contribution in [-0.4, -0.2) is 103 Å². The van der Waals surface area contributed by atoms with Crippen LogP contribution in [0.2, 0.25) is 0 Å². The number of piperazine rings is 1. The summed E-state index contributed by atoms with van der Waals surface area (Å²) in [6.07, 6.45) is 4.19. The van der Waals surface area contributed by atoms with E-state index in [2.05, 4.69) is 31.7 Å². The van der Waals surface area contributed by atoms with Gasteiger partial charge in [0.2, 0.25) is 0 Å². The lowest BCUT2D eigenvalue weighted by molar-refractivity contribution is 0.0354. The Balaban J connectivity index is 1.37. The summed E-state index contributed by atoms with van der Waals surface area (Å²) in [7, 11) is 2.15. The van der Waals surface area contributed by atoms with Crippen LogP contribution in [0.3, 0.4) is 0 Å². The van der Waals surface area contributed by atoms with Gasteiger partial charge in [-0.3, -0.25) is 9.69 Å². The second-order valence-corrected chi connectivity index (χ2v) is 10.3. The Hall–Kier alpha value is -2.53. The Bertz CT molecular complexity index is 1120. The molecule has 2 saturated heterocycles. The highest BCUT2D eigenvalue weighted by molar-refractivity contribution is 7.20. The first kappa shape index (κ1) is 24.2. The van der Waals surface area contributed by atoms with Crippen LogP contribution >= 0.6 is 11.3 Å². The van der Waals surface area contributed by atoms with Gasteiger partial charge in [-0.1, -0.05) is 0 Å². The van der Waals surface area contributed by atoms with Crippen LogP contribution in [0.1, 0.15) is 27.4 Å². The van der Waals surface area contributed by atoms with Gasteiger partial charge < -0.3 is 23.9 Å². The number of furan rings is 1. The van der Waals surface area contributed by atoms with Gasteiger partial charge in [-0.05, 0) is 38.1 Å². The van der Waals surface area contributed by atoms with E-state index in [4.69, 9.17) is 9.15 Å². The average molecular weight is 499 g/mol. The number of anilines is 1. The van der Waals surface area contributed by atoms with E-state index in [1.807, 2.05) is 24.0 Å². The molecule has 0 atom stereocenters. The summed E-state index contributed by atoms with van der Waals surface area (Å²) in [6, 6.07) is 3.80. The van der Waals surface area contributed by atoms with Crippen LogP contribution in [0.25, 0.3) is 10.2 Å². The number of carbonyl (C=O) groups is 1. The topological polar surface area (TPSA) is 78.2 Å². The van der Waals surface area contributed by atoms with Crippen molar-refractivity contribution in [2.75, 3.05) is 77.5 Å². The molecule has 9 nitrogen and oxygen atoms in total. The van der Waals surface area contributed by atoms with Gasteiger partial charge in [-0.2, -0.15) is 0 Å². The van der Waals surface area contributed by atoms with Crippen LogP contribution in [0, 0.1) is 6.92 Å². The van der Waals surface area contributed by atoms with E-state index >= 15 is 0 Å². The molecule has 0 unspecified atom stereocenters. The minimum atomic E-state index is 0.0354. The van der Waals surface area contributed by atoms with Gasteiger partial charge in [0.1, 0.15) is 22.7 Å². The van der Waals surface area contributed by atoms with Gasteiger partial charge in [-0.25, -0.2) is 9.97 Å². The fourth-order valence-electron chi connectivity index (χ4n) is 4.81. The molecule has 5 rings (SSSR count). The van der Waals surface area contributed by atoms with E-state index in [9.17, 15) is 4.79 Å². The number of ether oxygens (including phenoxy) is 1. The van der Waals surface area contributed by atoms with E-state index in [0.29, 0.717) is 13.1 Å². The highest BCUT2D eigenvalue weighted by Crippen LogP contribution is 2.36. The fraction of sp³-hybridized carbons (Fsp3) is 0.560. The van der Waals surface area contributed by atoms with Gasteiger partial charge in [0.15, 0.2) is 0 Å². The molecule has 5 heterocycles. The second-order valence-electron chi connectivity index (χ2n) is 9.34. The Morgan fingerprint density at radius 2 is 1.94 bits per heavy atom. The minimum Gasteiger partial charge on any atom is -0.467 e. The van der Waals surface area contributed by atoms with Crippen molar-refractivity contribution in [1.82, 2.24) is 24.7 Å².